The maximum absolute atomic E-state index is 8.60. The predicted octanol–water partition coefficient (Wildman–Crippen LogP) is -8.48. The number of hydrogen-bond donors (Lipinski definition) is 0. The van der Waals surface area contributed by atoms with Gasteiger partial charge in [0.15, 0.2) is 0 Å². The minimum atomic E-state index is -4.20. The van der Waals surface area contributed by atoms with Gasteiger partial charge in [-0.1, -0.05) is 0 Å². The van der Waals surface area contributed by atoms with E-state index < -0.39 is 75.1 Å². The average Bonchev–Trinajstić information content (AvgIpc) is 1.76. The molecule has 0 fully saturated rings. The molecule has 26 heavy (non-hydrogen) atoms. The molecule has 0 aromatic rings. The van der Waals surface area contributed by atoms with Gasteiger partial charge in [0.2, 0.25) is 0 Å². The van der Waals surface area contributed by atoms with Crippen LogP contribution in [0.15, 0.2) is 0 Å². The summed E-state index contributed by atoms with van der Waals surface area (Å²) in [6.45, 7) is 0. The second-order valence-corrected chi connectivity index (χ2v) is 5.29. The first-order valence-corrected chi connectivity index (χ1v) is 13.0. The van der Waals surface area contributed by atoms with Crippen LogP contribution >= 0.6 is 0 Å². The molecule has 0 saturated heterocycles. The second kappa shape index (κ2) is 86.0. The third-order valence-electron chi connectivity index (χ3n) is 0. The van der Waals surface area contributed by atoms with Crippen LogP contribution in [0.5, 0.6) is 0 Å². The van der Waals surface area contributed by atoms with Gasteiger partial charge in [0.25, 0.3) is 0 Å². The summed E-state index contributed by atoms with van der Waals surface area (Å²) in [5.74, 6) is 0. The van der Waals surface area contributed by atoms with E-state index in [-0.39, 0.29) is 173 Å². The first-order valence-electron chi connectivity index (χ1n) is 2.19. The van der Waals surface area contributed by atoms with E-state index >= 15 is 0 Å². The van der Waals surface area contributed by atoms with Crippen molar-refractivity contribution in [2.24, 2.45) is 0 Å². The van der Waals surface area contributed by atoms with E-state index in [1.54, 1.807) is 0 Å². The Balaban J connectivity index is -0.00000000545. The average molecular weight is 1320 g/mol. The molecule has 0 N–H and O–H groups in total. The largest absolute Gasteiger partial charge is 2.00 e. The molecule has 0 aliphatic carbocycles. The Morgan fingerprint density at radius 1 is 0.346 bits per heavy atom. The van der Waals surface area contributed by atoms with Crippen molar-refractivity contribution in [1.82, 2.24) is 0 Å². The van der Waals surface area contributed by atoms with E-state index in [2.05, 4.69) is 0 Å². The molecule has 134 valence electrons. The van der Waals surface area contributed by atoms with Gasteiger partial charge in [-0.25, -0.2) is 0 Å². The van der Waals surface area contributed by atoms with Crippen LogP contribution < -0.4 is 14.5 Å². The van der Waals surface area contributed by atoms with Crippen LogP contribution in [0.25, 0.3) is 0 Å². The number of rotatable bonds is 0. The normalized spacial score (nSPS) is 3.85. The fourth-order valence-electron chi connectivity index (χ4n) is 0. The van der Waals surface area contributed by atoms with E-state index in [0.29, 0.717) is 0 Å². The van der Waals surface area contributed by atoms with Gasteiger partial charge in [-0.05, 0) is 0 Å². The first-order chi connectivity index (χ1) is 6.93. The van der Waals surface area contributed by atoms with Crippen LogP contribution in [0.4, 0.5) is 0 Å². The molecule has 0 unspecified atom stereocenters. The summed E-state index contributed by atoms with van der Waals surface area (Å²) in [6.07, 6.45) is 0. The summed E-state index contributed by atoms with van der Waals surface area (Å²) < 4.78 is 103. The van der Waals surface area contributed by atoms with Crippen LogP contribution in [0.3, 0.4) is 0 Å². The van der Waals surface area contributed by atoms with Crippen molar-refractivity contribution in [3.63, 3.8) is 0 Å². The van der Waals surface area contributed by atoms with Crippen LogP contribution in [-0.4, -0.2) is 151 Å². The van der Waals surface area contributed by atoms with E-state index in [1.807, 2.05) is 0 Å². The van der Waals surface area contributed by atoms with E-state index in [9.17, 15) is 0 Å². The summed E-state index contributed by atoms with van der Waals surface area (Å²) in [5.41, 5.74) is 0. The summed E-state index contributed by atoms with van der Waals surface area (Å²) in [4.78, 5) is 0. The Hall–Kier alpha value is 6.11. The molecule has 0 aromatic heterocycles. The first kappa shape index (κ1) is 94.8. The molecule has 0 aliphatic heterocycles. The SMILES string of the molecule is [Mg+2].[Mg+2].[Mg+2].[O-2].[O-2].[O-2].[O-2].[O]=[Nb](=[O])[O-].[O]=[Nb](=[O])[O-].[O]=[Nb](=[O])[O-].[O]=[Nb](=[O])[O-].[Pb+2].[Pb+2].[Pb+2]. The van der Waals surface area contributed by atoms with E-state index in [4.69, 9.17) is 40.5 Å². The molecule has 0 rings (SSSR count). The molecule has 26 heteroatoms. The van der Waals surface area contributed by atoms with E-state index in [1.165, 1.54) is 0 Å². The zero-order chi connectivity index (χ0) is 14.3. The van der Waals surface area contributed by atoms with E-state index in [0.717, 1.165) is 0 Å². The molecular formula is Mg3Nb4O16Pb3. The standard InChI is InChI=1S/3Mg.4Nb.16O.3Pb/q3*+2;;;;;;;;;;;;;4*-2;4*-1;3*+2. The summed E-state index contributed by atoms with van der Waals surface area (Å²) in [6, 6.07) is 0. The Morgan fingerprint density at radius 3 is 0.346 bits per heavy atom. The van der Waals surface area contributed by atoms with Crippen molar-refractivity contribution in [3.8, 4) is 0 Å². The molecule has 6 radical (unpaired) electrons. The van der Waals surface area contributed by atoms with Crippen LogP contribution in [-0.2, 0) is 123 Å². The van der Waals surface area contributed by atoms with Gasteiger partial charge in [-0.3, -0.25) is 0 Å². The Kier molecular flexibility index (Phi) is 313. The van der Waals surface area contributed by atoms with Crippen molar-refractivity contribution in [1.29, 1.82) is 0 Å². The Labute approximate surface area is 282 Å². The summed E-state index contributed by atoms with van der Waals surface area (Å²) in [5, 5.41) is 0. The molecule has 0 amide bonds. The third-order valence-corrected chi connectivity index (χ3v) is 0. The van der Waals surface area contributed by atoms with Gasteiger partial charge in [-0.15, -0.1) is 0 Å². The zero-order valence-corrected chi connectivity index (χ0v) is 36.6. The van der Waals surface area contributed by atoms with Crippen molar-refractivity contribution < 1.29 is 138 Å². The van der Waals surface area contributed by atoms with Crippen molar-refractivity contribution in [3.05, 3.63) is 0 Å². The second-order valence-electron chi connectivity index (χ2n) is 0.894. The third kappa shape index (κ3) is 684. The molecule has 0 aliphatic rings. The van der Waals surface area contributed by atoms with Gasteiger partial charge >= 0.3 is 267 Å². The number of hydrogen-bond acceptors (Lipinski definition) is 12. The monoisotopic (exact) mass is 1320 g/mol. The minimum Gasteiger partial charge on any atom is 2.00 e. The molecule has 0 spiro atoms. The molecule has 0 aromatic carbocycles. The zero-order valence-electron chi connectivity index (χ0n) is 11.9. The van der Waals surface area contributed by atoms with Gasteiger partial charge in [0.1, 0.15) is 0 Å². The Morgan fingerprint density at radius 2 is 0.346 bits per heavy atom. The summed E-state index contributed by atoms with van der Waals surface area (Å²) >= 11 is -16.8. The quantitative estimate of drug-likeness (QED) is 0.204. The predicted molar refractivity (Wildman–Crippen MR) is 42.8 cm³/mol. The van der Waals surface area contributed by atoms with Crippen LogP contribution in [0.1, 0.15) is 0 Å². The van der Waals surface area contributed by atoms with Gasteiger partial charge in [0.05, 0.1) is 0 Å². The fraction of sp³-hybridized carbons (Fsp3) is 0. The van der Waals surface area contributed by atoms with Crippen molar-refractivity contribution >= 4 is 151 Å². The molecule has 0 heterocycles. The fourth-order valence-corrected chi connectivity index (χ4v) is 0. The molecule has 0 bridgehead atoms. The molecule has 0 atom stereocenters. The molecule has 0 saturated carbocycles. The maximum Gasteiger partial charge on any atom is 2.00 e. The van der Waals surface area contributed by atoms with Crippen molar-refractivity contribution in [2.45, 2.75) is 0 Å². The topological polar surface area (TPSA) is 343 Å². The molecular weight excluding hydrogens is 1320 g/mol. The van der Waals surface area contributed by atoms with Crippen LogP contribution in [0, 0.1) is 0 Å². The van der Waals surface area contributed by atoms with Crippen molar-refractivity contribution in [2.75, 3.05) is 0 Å². The Bertz CT molecular complexity index is 314. The van der Waals surface area contributed by atoms with Crippen LogP contribution in [0.2, 0.25) is 0 Å². The van der Waals surface area contributed by atoms with Gasteiger partial charge in [0, 0.05) is 0 Å². The minimum absolute atomic E-state index is 0. The smallest absolute Gasteiger partial charge is 2.00 e. The molecule has 16 nitrogen and oxygen atoms in total. The summed E-state index contributed by atoms with van der Waals surface area (Å²) in [7, 11) is 0. The van der Waals surface area contributed by atoms with Gasteiger partial charge < -0.3 is 21.9 Å². The van der Waals surface area contributed by atoms with Gasteiger partial charge in [-0.2, -0.15) is 0 Å². The maximum atomic E-state index is 8.60.